The van der Waals surface area contributed by atoms with Gasteiger partial charge >= 0.3 is 0 Å². The Bertz CT molecular complexity index is 1130. The highest BCUT2D eigenvalue weighted by Gasteiger charge is 2.35. The predicted octanol–water partition coefficient (Wildman–Crippen LogP) is 5.01. The lowest BCUT2D eigenvalue weighted by Crippen LogP contribution is -2.40. The van der Waals surface area contributed by atoms with Gasteiger partial charge in [0.05, 0.1) is 28.4 Å². The van der Waals surface area contributed by atoms with Crippen LogP contribution in [-0.4, -0.2) is 53.0 Å². The topological polar surface area (TPSA) is 52.2 Å². The maximum atomic E-state index is 5.66. The van der Waals surface area contributed by atoms with Crippen molar-refractivity contribution in [2.45, 2.75) is 51.1 Å². The molecule has 0 spiro atoms. The zero-order valence-electron chi connectivity index (χ0n) is 21.7. The van der Waals surface area contributed by atoms with Gasteiger partial charge in [0.15, 0.2) is 23.0 Å². The van der Waals surface area contributed by atoms with E-state index in [-0.39, 0.29) is 6.04 Å². The zero-order chi connectivity index (χ0) is 24.5. The second-order valence-electron chi connectivity index (χ2n) is 9.77. The Hall–Kier alpha value is -2.70. The Labute approximate surface area is 209 Å². The molecule has 0 amide bonds. The fourth-order valence-corrected chi connectivity index (χ4v) is 6.23. The summed E-state index contributed by atoms with van der Waals surface area (Å²) in [6.07, 6.45) is 5.25. The van der Waals surface area contributed by atoms with Crippen molar-refractivity contribution in [1.29, 1.82) is 0 Å². The summed E-state index contributed by atoms with van der Waals surface area (Å²) in [6.45, 7) is 5.43. The van der Waals surface area contributed by atoms with Crippen molar-refractivity contribution in [3.05, 3.63) is 57.7 Å². The molecule has 5 rings (SSSR count). The number of nitrogens with zero attached hydrogens (tertiary/aromatic N) is 1. The number of methoxy groups -OCH3 is 4. The molecule has 2 aromatic rings. The molecule has 3 aliphatic rings. The monoisotopic (exact) mass is 478 g/mol. The normalized spacial score (nSPS) is 21.6. The van der Waals surface area contributed by atoms with Gasteiger partial charge in [-0.05, 0) is 85.2 Å². The van der Waals surface area contributed by atoms with Gasteiger partial charge in [0.25, 0.3) is 0 Å². The van der Waals surface area contributed by atoms with Crippen LogP contribution in [-0.2, 0) is 12.8 Å². The number of rotatable bonds is 7. The first-order valence-corrected chi connectivity index (χ1v) is 12.8. The first-order chi connectivity index (χ1) is 17.1. The summed E-state index contributed by atoms with van der Waals surface area (Å²) in [4.78, 5) is 2.66. The van der Waals surface area contributed by atoms with E-state index < -0.39 is 0 Å². The highest BCUT2D eigenvalue weighted by atomic mass is 16.5. The number of hydrogen-bond donors (Lipinski definition) is 1. The fraction of sp³-hybridized carbons (Fsp3) is 0.517. The van der Waals surface area contributed by atoms with Crippen molar-refractivity contribution < 1.29 is 18.9 Å². The number of fused-ring (bicyclic) bond motifs is 4. The van der Waals surface area contributed by atoms with Crippen molar-refractivity contribution in [3.8, 4) is 23.0 Å². The number of hydrogen-bond acceptors (Lipinski definition) is 6. The van der Waals surface area contributed by atoms with Crippen LogP contribution in [0.2, 0.25) is 0 Å². The molecule has 0 unspecified atom stereocenters. The molecular formula is C29H38N2O4. The molecule has 6 nitrogen and oxygen atoms in total. The van der Waals surface area contributed by atoms with Crippen LogP contribution >= 0.6 is 0 Å². The minimum absolute atomic E-state index is 0.287. The maximum Gasteiger partial charge on any atom is 0.161 e. The Balaban J connectivity index is 1.46. The molecule has 3 heterocycles. The smallest absolute Gasteiger partial charge is 0.161 e. The van der Waals surface area contributed by atoms with Crippen LogP contribution in [0, 0.1) is 0 Å². The molecule has 0 bridgehead atoms. The Kier molecular flexibility index (Phi) is 6.94. The van der Waals surface area contributed by atoms with E-state index in [9.17, 15) is 0 Å². The highest BCUT2D eigenvalue weighted by Crippen LogP contribution is 2.46. The van der Waals surface area contributed by atoms with Gasteiger partial charge in [0, 0.05) is 25.2 Å². The second-order valence-corrected chi connectivity index (χ2v) is 9.77. The average Bonchev–Trinajstić information content (AvgIpc) is 2.91. The molecule has 0 fully saturated rings. The molecule has 0 saturated carbocycles. The number of nitrogens with one attached hydrogen (secondary N) is 1. The lowest BCUT2D eigenvalue weighted by atomic mass is 9.80. The average molecular weight is 479 g/mol. The van der Waals surface area contributed by atoms with Crippen molar-refractivity contribution in [3.63, 3.8) is 0 Å². The summed E-state index contributed by atoms with van der Waals surface area (Å²) in [5.74, 6) is 3.27. The molecule has 0 saturated heterocycles. The van der Waals surface area contributed by atoms with Gasteiger partial charge in [-0.15, -0.1) is 0 Å². The van der Waals surface area contributed by atoms with Gasteiger partial charge in [-0.1, -0.05) is 18.1 Å². The summed E-state index contributed by atoms with van der Waals surface area (Å²) in [7, 11) is 6.86. The molecule has 2 aromatic carbocycles. The third kappa shape index (κ3) is 4.38. The fourth-order valence-electron chi connectivity index (χ4n) is 6.23. The quantitative estimate of drug-likeness (QED) is 0.565. The molecule has 0 aliphatic carbocycles. The van der Waals surface area contributed by atoms with Gasteiger partial charge in [-0.25, -0.2) is 0 Å². The molecule has 35 heavy (non-hydrogen) atoms. The van der Waals surface area contributed by atoms with Crippen LogP contribution < -0.4 is 24.3 Å². The van der Waals surface area contributed by atoms with E-state index in [0.29, 0.717) is 6.04 Å². The Morgan fingerprint density at radius 2 is 1.40 bits per heavy atom. The van der Waals surface area contributed by atoms with Crippen molar-refractivity contribution in [2.24, 2.45) is 0 Å². The predicted molar refractivity (Wildman–Crippen MR) is 138 cm³/mol. The Morgan fingerprint density at radius 1 is 0.800 bits per heavy atom. The van der Waals surface area contributed by atoms with Gasteiger partial charge < -0.3 is 24.3 Å². The molecule has 188 valence electrons. The molecule has 1 N–H and O–H groups in total. The van der Waals surface area contributed by atoms with Crippen molar-refractivity contribution >= 4 is 0 Å². The number of ether oxygens (including phenoxy) is 4. The second kappa shape index (κ2) is 10.1. The summed E-state index contributed by atoms with van der Waals surface area (Å²) in [5, 5.41) is 3.80. The van der Waals surface area contributed by atoms with Crippen LogP contribution in [0.15, 0.2) is 35.4 Å². The minimum Gasteiger partial charge on any atom is -0.493 e. The van der Waals surface area contributed by atoms with Gasteiger partial charge in [-0.3, -0.25) is 4.90 Å². The van der Waals surface area contributed by atoms with E-state index in [2.05, 4.69) is 41.4 Å². The van der Waals surface area contributed by atoms with Crippen molar-refractivity contribution in [2.75, 3.05) is 48.1 Å². The third-order valence-corrected chi connectivity index (χ3v) is 8.13. The van der Waals surface area contributed by atoms with Gasteiger partial charge in [0.2, 0.25) is 0 Å². The summed E-state index contributed by atoms with van der Waals surface area (Å²) >= 11 is 0. The van der Waals surface area contributed by atoms with E-state index >= 15 is 0 Å². The number of benzene rings is 2. The van der Waals surface area contributed by atoms with Crippen LogP contribution in [0.3, 0.4) is 0 Å². The molecule has 0 aromatic heterocycles. The van der Waals surface area contributed by atoms with Crippen LogP contribution in [0.5, 0.6) is 23.0 Å². The standard InChI is InChI=1S/C29H38N2O4/c1-6-18-17-31-10-8-20-14-27(33-3)29(35-5)16-23(20)25(31)12-21(18)11-24-22-15-28(34-4)26(32-2)13-19(22)7-9-30-24/h13-16,24-25,30H,6-12,17H2,1-5H3/t24-,25+/m0/s1. The molecular weight excluding hydrogens is 440 g/mol. The first-order valence-electron chi connectivity index (χ1n) is 12.8. The maximum absolute atomic E-state index is 5.66. The lowest BCUT2D eigenvalue weighted by Gasteiger charge is -2.43. The van der Waals surface area contributed by atoms with E-state index in [0.717, 1.165) is 74.7 Å². The molecule has 6 heteroatoms. The highest BCUT2D eigenvalue weighted by molar-refractivity contribution is 5.51. The lowest BCUT2D eigenvalue weighted by molar-refractivity contribution is 0.181. The first kappa shape index (κ1) is 24.0. The van der Waals surface area contributed by atoms with E-state index in [1.807, 2.05) is 0 Å². The van der Waals surface area contributed by atoms with E-state index in [1.165, 1.54) is 22.3 Å². The molecule has 3 aliphatic heterocycles. The minimum atomic E-state index is 0.287. The third-order valence-electron chi connectivity index (χ3n) is 8.13. The van der Waals surface area contributed by atoms with E-state index in [4.69, 9.17) is 18.9 Å². The van der Waals surface area contributed by atoms with E-state index in [1.54, 1.807) is 39.6 Å². The molecule has 2 atom stereocenters. The van der Waals surface area contributed by atoms with Crippen LogP contribution in [0.4, 0.5) is 0 Å². The summed E-state index contributed by atoms with van der Waals surface area (Å²) in [6, 6.07) is 9.41. The Morgan fingerprint density at radius 3 is 2.03 bits per heavy atom. The van der Waals surface area contributed by atoms with Crippen LogP contribution in [0.1, 0.15) is 60.5 Å². The largest absolute Gasteiger partial charge is 0.493 e. The summed E-state index contributed by atoms with van der Waals surface area (Å²) < 4.78 is 22.5. The van der Waals surface area contributed by atoms with Crippen molar-refractivity contribution in [1.82, 2.24) is 10.2 Å². The zero-order valence-corrected chi connectivity index (χ0v) is 21.7. The van der Waals surface area contributed by atoms with Gasteiger partial charge in [-0.2, -0.15) is 0 Å². The van der Waals surface area contributed by atoms with Gasteiger partial charge in [0.1, 0.15) is 0 Å². The SMILES string of the molecule is CCC1=C(C[C@@H]2NCCc3cc(OC)c(OC)cc32)C[C@@H]2c3cc(OC)c(OC)cc3CCN2C1. The summed E-state index contributed by atoms with van der Waals surface area (Å²) in [5.41, 5.74) is 8.68. The molecule has 0 radical (unpaired) electrons. The van der Waals surface area contributed by atoms with Crippen LogP contribution in [0.25, 0.3) is 0 Å².